The summed E-state index contributed by atoms with van der Waals surface area (Å²) >= 11 is 1.35. The first-order valence-electron chi connectivity index (χ1n) is 9.42. The molecule has 0 saturated carbocycles. The lowest BCUT2D eigenvalue weighted by molar-refractivity contribution is -0.130. The lowest BCUT2D eigenvalue weighted by Gasteiger charge is -2.30. The number of piperidine rings is 1. The first-order valence-corrected chi connectivity index (χ1v) is 10.2. The molecular weight excluding hydrogens is 408 g/mol. The SMILES string of the molecule is C[C@H](NC(=O)[C@H]1C[C@@H](c2ccccc2)CCN1)C(=O)NCc1ccc(C#N)s1.Cl. The van der Waals surface area contributed by atoms with Gasteiger partial charge in [0.25, 0.3) is 0 Å². The number of thiophene rings is 1. The van der Waals surface area contributed by atoms with Crippen LogP contribution in [0.2, 0.25) is 0 Å². The van der Waals surface area contributed by atoms with Gasteiger partial charge in [0.15, 0.2) is 0 Å². The summed E-state index contributed by atoms with van der Waals surface area (Å²) in [6.07, 6.45) is 1.71. The van der Waals surface area contributed by atoms with Gasteiger partial charge < -0.3 is 16.0 Å². The molecule has 1 aromatic heterocycles. The summed E-state index contributed by atoms with van der Waals surface area (Å²) in [5.41, 5.74) is 1.25. The van der Waals surface area contributed by atoms with Crippen LogP contribution in [-0.2, 0) is 16.1 Å². The second kappa shape index (κ2) is 11.0. The van der Waals surface area contributed by atoms with E-state index < -0.39 is 6.04 Å². The molecular formula is C21H25ClN4O2S. The second-order valence-corrected chi connectivity index (χ2v) is 8.13. The van der Waals surface area contributed by atoms with Crippen LogP contribution in [0.1, 0.15) is 41.0 Å². The van der Waals surface area contributed by atoms with Crippen molar-refractivity contribution < 1.29 is 9.59 Å². The summed E-state index contributed by atoms with van der Waals surface area (Å²) in [6, 6.07) is 14.9. The molecule has 3 rings (SSSR count). The standard InChI is InChI=1S/C21H24N4O2S.ClH/c1-14(20(26)24-13-18-8-7-17(12-22)28-18)25-21(27)19-11-16(9-10-23-19)15-5-3-2-4-6-15;/h2-8,14,16,19,23H,9-11,13H2,1H3,(H,24,26)(H,25,27);1H/t14-,16-,19+;/m0./s1. The largest absolute Gasteiger partial charge is 0.349 e. The topological polar surface area (TPSA) is 94.0 Å². The van der Waals surface area contributed by atoms with E-state index in [9.17, 15) is 9.59 Å². The van der Waals surface area contributed by atoms with Crippen LogP contribution in [0.5, 0.6) is 0 Å². The van der Waals surface area contributed by atoms with Gasteiger partial charge in [-0.2, -0.15) is 5.26 Å². The van der Waals surface area contributed by atoms with E-state index in [-0.39, 0.29) is 30.3 Å². The molecule has 0 spiro atoms. The quantitative estimate of drug-likeness (QED) is 0.654. The van der Waals surface area contributed by atoms with Crippen molar-refractivity contribution in [1.29, 1.82) is 5.26 Å². The van der Waals surface area contributed by atoms with Gasteiger partial charge in [0, 0.05) is 4.88 Å². The van der Waals surface area contributed by atoms with Crippen LogP contribution in [0.3, 0.4) is 0 Å². The Balaban J connectivity index is 0.00000300. The zero-order valence-electron chi connectivity index (χ0n) is 16.2. The lowest BCUT2D eigenvalue weighted by atomic mass is 9.86. The average molecular weight is 433 g/mol. The number of benzene rings is 1. The molecule has 1 fully saturated rings. The molecule has 3 atom stereocenters. The zero-order chi connectivity index (χ0) is 19.9. The minimum absolute atomic E-state index is 0. The van der Waals surface area contributed by atoms with Crippen LogP contribution in [0.25, 0.3) is 0 Å². The summed E-state index contributed by atoms with van der Waals surface area (Å²) in [4.78, 5) is 26.4. The van der Waals surface area contributed by atoms with Gasteiger partial charge in [-0.05, 0) is 49.9 Å². The molecule has 6 nitrogen and oxygen atoms in total. The molecule has 0 aliphatic carbocycles. The van der Waals surface area contributed by atoms with Crippen molar-refractivity contribution >= 4 is 35.6 Å². The highest BCUT2D eigenvalue weighted by Gasteiger charge is 2.29. The van der Waals surface area contributed by atoms with Crippen LogP contribution in [-0.4, -0.2) is 30.4 Å². The van der Waals surface area contributed by atoms with Gasteiger partial charge in [0.2, 0.25) is 11.8 Å². The molecule has 29 heavy (non-hydrogen) atoms. The molecule has 0 radical (unpaired) electrons. The van der Waals surface area contributed by atoms with E-state index in [0.29, 0.717) is 17.3 Å². The van der Waals surface area contributed by atoms with E-state index in [2.05, 4.69) is 34.2 Å². The Morgan fingerprint density at radius 3 is 2.72 bits per heavy atom. The lowest BCUT2D eigenvalue weighted by Crippen LogP contribution is -2.53. The summed E-state index contributed by atoms with van der Waals surface area (Å²) in [5.74, 6) is -0.0441. The highest BCUT2D eigenvalue weighted by atomic mass is 35.5. The fraction of sp³-hybridized carbons (Fsp3) is 0.381. The fourth-order valence-corrected chi connectivity index (χ4v) is 4.13. The molecule has 1 aromatic carbocycles. The minimum atomic E-state index is -0.623. The molecule has 8 heteroatoms. The van der Waals surface area contributed by atoms with Crippen molar-refractivity contribution in [3.63, 3.8) is 0 Å². The van der Waals surface area contributed by atoms with Gasteiger partial charge in [-0.1, -0.05) is 30.3 Å². The van der Waals surface area contributed by atoms with E-state index in [0.717, 1.165) is 24.3 Å². The predicted molar refractivity (Wildman–Crippen MR) is 116 cm³/mol. The van der Waals surface area contributed by atoms with Crippen LogP contribution < -0.4 is 16.0 Å². The Morgan fingerprint density at radius 2 is 2.03 bits per heavy atom. The maximum absolute atomic E-state index is 12.6. The van der Waals surface area contributed by atoms with Crippen molar-refractivity contribution in [3.8, 4) is 6.07 Å². The van der Waals surface area contributed by atoms with E-state index in [4.69, 9.17) is 5.26 Å². The van der Waals surface area contributed by atoms with Crippen LogP contribution in [0, 0.1) is 11.3 Å². The number of hydrogen-bond acceptors (Lipinski definition) is 5. The summed E-state index contributed by atoms with van der Waals surface area (Å²) in [7, 11) is 0. The Bertz CT molecular complexity index is 865. The number of carbonyl (C=O) groups is 2. The van der Waals surface area contributed by atoms with Gasteiger partial charge >= 0.3 is 0 Å². The number of carbonyl (C=O) groups excluding carboxylic acids is 2. The van der Waals surface area contributed by atoms with Crippen molar-refractivity contribution in [3.05, 3.63) is 57.8 Å². The number of nitriles is 1. The Labute approximate surface area is 181 Å². The summed E-state index contributed by atoms with van der Waals surface area (Å²) in [6.45, 7) is 2.81. The fourth-order valence-electron chi connectivity index (χ4n) is 3.39. The third kappa shape index (κ3) is 6.29. The van der Waals surface area contributed by atoms with E-state index >= 15 is 0 Å². The maximum Gasteiger partial charge on any atom is 0.242 e. The maximum atomic E-state index is 12.6. The van der Waals surface area contributed by atoms with Crippen molar-refractivity contribution in [1.82, 2.24) is 16.0 Å². The zero-order valence-corrected chi connectivity index (χ0v) is 17.8. The normalized spacial score (nSPS) is 19.3. The van der Waals surface area contributed by atoms with Gasteiger partial charge in [-0.25, -0.2) is 0 Å². The van der Waals surface area contributed by atoms with E-state index in [1.807, 2.05) is 24.3 Å². The Morgan fingerprint density at radius 1 is 1.28 bits per heavy atom. The van der Waals surface area contributed by atoms with Crippen molar-refractivity contribution in [2.24, 2.45) is 0 Å². The van der Waals surface area contributed by atoms with Gasteiger partial charge in [-0.3, -0.25) is 9.59 Å². The number of hydrogen-bond donors (Lipinski definition) is 3. The summed E-state index contributed by atoms with van der Waals surface area (Å²) in [5, 5.41) is 17.7. The van der Waals surface area contributed by atoms with Gasteiger partial charge in [-0.15, -0.1) is 23.7 Å². The second-order valence-electron chi connectivity index (χ2n) is 6.96. The Kier molecular flexibility index (Phi) is 8.65. The van der Waals surface area contributed by atoms with Gasteiger partial charge in [0.05, 0.1) is 12.6 Å². The molecule has 1 aliphatic rings. The first kappa shape index (κ1) is 22.9. The minimum Gasteiger partial charge on any atom is -0.349 e. The number of rotatable bonds is 6. The molecule has 1 saturated heterocycles. The third-order valence-corrected chi connectivity index (χ3v) is 5.94. The first-order chi connectivity index (χ1) is 13.6. The van der Waals surface area contributed by atoms with Crippen LogP contribution in [0.4, 0.5) is 0 Å². The smallest absolute Gasteiger partial charge is 0.242 e. The number of nitrogens with zero attached hydrogens (tertiary/aromatic N) is 1. The molecule has 3 N–H and O–H groups in total. The summed E-state index contributed by atoms with van der Waals surface area (Å²) < 4.78 is 0. The molecule has 1 aliphatic heterocycles. The van der Waals surface area contributed by atoms with E-state index in [1.165, 1.54) is 16.9 Å². The van der Waals surface area contributed by atoms with Gasteiger partial charge in [0.1, 0.15) is 17.0 Å². The van der Waals surface area contributed by atoms with E-state index in [1.54, 1.807) is 13.0 Å². The predicted octanol–water partition coefficient (Wildman–Crippen LogP) is 2.70. The third-order valence-electron chi connectivity index (χ3n) is 4.95. The van der Waals surface area contributed by atoms with Crippen molar-refractivity contribution in [2.75, 3.05) is 6.54 Å². The number of halogens is 1. The molecule has 2 aromatic rings. The highest BCUT2D eigenvalue weighted by molar-refractivity contribution is 7.12. The molecule has 154 valence electrons. The molecule has 2 heterocycles. The number of nitrogens with one attached hydrogen (secondary N) is 3. The van der Waals surface area contributed by atoms with Crippen LogP contribution >= 0.6 is 23.7 Å². The molecule has 0 unspecified atom stereocenters. The Hall–Kier alpha value is -2.40. The number of amides is 2. The monoisotopic (exact) mass is 432 g/mol. The average Bonchev–Trinajstić information content (AvgIpc) is 3.20. The molecule has 0 bridgehead atoms. The van der Waals surface area contributed by atoms with Crippen molar-refractivity contribution in [2.45, 2.75) is 44.3 Å². The highest BCUT2D eigenvalue weighted by Crippen LogP contribution is 2.27. The van der Waals surface area contributed by atoms with Crippen LogP contribution in [0.15, 0.2) is 42.5 Å². The molecule has 2 amide bonds.